The summed E-state index contributed by atoms with van der Waals surface area (Å²) in [5.74, 6) is -1.78. The fourth-order valence-corrected chi connectivity index (χ4v) is 4.98. The van der Waals surface area contributed by atoms with E-state index < -0.39 is 17.9 Å². The van der Waals surface area contributed by atoms with Gasteiger partial charge in [0.2, 0.25) is 5.91 Å². The van der Waals surface area contributed by atoms with Crippen LogP contribution in [0.15, 0.2) is 35.2 Å². The SMILES string of the molecule is CC(C)C(C(=O)N1CCC(C(=O)O)CC1)N1C(=O)C(=Cc2ccccc2)SC1=S. The van der Waals surface area contributed by atoms with Crippen LogP contribution >= 0.6 is 24.0 Å². The first kappa shape index (κ1) is 21.5. The largest absolute Gasteiger partial charge is 0.481 e. The number of piperidine rings is 1. The molecule has 0 aliphatic carbocycles. The maximum Gasteiger partial charge on any atom is 0.306 e. The van der Waals surface area contributed by atoms with Gasteiger partial charge in [0.15, 0.2) is 0 Å². The summed E-state index contributed by atoms with van der Waals surface area (Å²) in [4.78, 5) is 41.1. The number of hydrogen-bond acceptors (Lipinski definition) is 5. The smallest absolute Gasteiger partial charge is 0.306 e. The van der Waals surface area contributed by atoms with E-state index in [9.17, 15) is 19.5 Å². The Balaban J connectivity index is 1.79. The Morgan fingerprint density at radius 1 is 1.21 bits per heavy atom. The minimum absolute atomic E-state index is 0.127. The second-order valence-corrected chi connectivity index (χ2v) is 9.26. The maximum atomic E-state index is 13.3. The van der Waals surface area contributed by atoms with Crippen molar-refractivity contribution in [2.75, 3.05) is 13.1 Å². The van der Waals surface area contributed by atoms with Crippen molar-refractivity contribution in [3.05, 3.63) is 40.8 Å². The molecular weight excluding hydrogens is 408 g/mol. The first-order chi connectivity index (χ1) is 13.8. The molecule has 1 aromatic rings. The maximum absolute atomic E-state index is 13.3. The zero-order valence-electron chi connectivity index (χ0n) is 16.4. The van der Waals surface area contributed by atoms with Crippen molar-refractivity contribution in [1.29, 1.82) is 0 Å². The van der Waals surface area contributed by atoms with Gasteiger partial charge in [-0.15, -0.1) is 0 Å². The van der Waals surface area contributed by atoms with Gasteiger partial charge in [-0.2, -0.15) is 0 Å². The van der Waals surface area contributed by atoms with E-state index in [-0.39, 0.29) is 17.7 Å². The molecule has 0 spiro atoms. The standard InChI is InChI=1S/C21H24N2O4S2/c1-13(2)17(19(25)22-10-8-15(9-11-22)20(26)27)23-18(24)16(29-21(23)28)12-14-6-4-3-5-7-14/h3-7,12-13,15,17H,8-11H2,1-2H3,(H,26,27). The number of rotatable bonds is 5. The molecule has 6 nitrogen and oxygen atoms in total. The van der Waals surface area contributed by atoms with E-state index in [2.05, 4.69) is 0 Å². The van der Waals surface area contributed by atoms with Crippen LogP contribution in [-0.2, 0) is 14.4 Å². The third-order valence-electron chi connectivity index (χ3n) is 5.24. The van der Waals surface area contributed by atoms with Crippen LogP contribution in [0, 0.1) is 11.8 Å². The van der Waals surface area contributed by atoms with Crippen LogP contribution in [0.4, 0.5) is 0 Å². The van der Waals surface area contributed by atoms with Gasteiger partial charge < -0.3 is 10.0 Å². The summed E-state index contributed by atoms with van der Waals surface area (Å²) in [5.41, 5.74) is 0.899. The van der Waals surface area contributed by atoms with Gasteiger partial charge in [0.25, 0.3) is 5.91 Å². The number of carboxylic acid groups (broad SMARTS) is 1. The van der Waals surface area contributed by atoms with Gasteiger partial charge in [-0.25, -0.2) is 0 Å². The lowest BCUT2D eigenvalue weighted by atomic mass is 9.94. The number of likely N-dealkylation sites (tertiary alicyclic amines) is 1. The number of benzene rings is 1. The fourth-order valence-electron chi connectivity index (χ4n) is 3.65. The van der Waals surface area contributed by atoms with Gasteiger partial charge in [-0.05, 0) is 30.4 Å². The molecule has 1 atom stereocenters. The molecule has 2 aliphatic heterocycles. The summed E-state index contributed by atoms with van der Waals surface area (Å²) in [5, 5.41) is 9.17. The number of carboxylic acids is 1. The van der Waals surface area contributed by atoms with E-state index >= 15 is 0 Å². The molecule has 2 saturated heterocycles. The van der Waals surface area contributed by atoms with E-state index in [0.29, 0.717) is 35.2 Å². The van der Waals surface area contributed by atoms with Crippen molar-refractivity contribution < 1.29 is 19.5 Å². The van der Waals surface area contributed by atoms with Crippen LogP contribution in [0.5, 0.6) is 0 Å². The molecule has 3 rings (SSSR count). The molecule has 0 aromatic heterocycles. The number of hydrogen-bond donors (Lipinski definition) is 1. The zero-order chi connectivity index (χ0) is 21.1. The number of aliphatic carboxylic acids is 1. The van der Waals surface area contributed by atoms with Crippen molar-refractivity contribution >= 4 is 52.2 Å². The van der Waals surface area contributed by atoms with Crippen molar-refractivity contribution in [1.82, 2.24) is 9.80 Å². The normalized spacial score (nSPS) is 20.6. The summed E-state index contributed by atoms with van der Waals surface area (Å²) in [6.45, 7) is 4.55. The molecule has 0 radical (unpaired) electrons. The van der Waals surface area contributed by atoms with Gasteiger partial charge in [0, 0.05) is 13.1 Å². The number of thioether (sulfide) groups is 1. The van der Waals surface area contributed by atoms with Crippen LogP contribution in [0.2, 0.25) is 0 Å². The summed E-state index contributed by atoms with van der Waals surface area (Å²) < 4.78 is 0.379. The van der Waals surface area contributed by atoms with Crippen molar-refractivity contribution in [3.8, 4) is 0 Å². The Bertz CT molecular complexity index is 845. The molecule has 0 saturated carbocycles. The molecule has 154 valence electrons. The minimum Gasteiger partial charge on any atom is -0.481 e. The van der Waals surface area contributed by atoms with E-state index in [1.54, 1.807) is 11.0 Å². The predicted octanol–water partition coefficient (Wildman–Crippen LogP) is 3.24. The van der Waals surface area contributed by atoms with Crippen molar-refractivity contribution in [2.24, 2.45) is 11.8 Å². The van der Waals surface area contributed by atoms with Crippen LogP contribution in [0.3, 0.4) is 0 Å². The third-order valence-corrected chi connectivity index (χ3v) is 6.57. The lowest BCUT2D eigenvalue weighted by molar-refractivity contribution is -0.148. The highest BCUT2D eigenvalue weighted by molar-refractivity contribution is 8.26. The summed E-state index contributed by atoms with van der Waals surface area (Å²) in [6, 6.07) is 8.82. The highest BCUT2D eigenvalue weighted by Gasteiger charge is 2.43. The minimum atomic E-state index is -0.819. The Hall–Kier alpha value is -2.19. The molecule has 2 amide bonds. The van der Waals surface area contributed by atoms with Crippen LogP contribution in [0.25, 0.3) is 6.08 Å². The van der Waals surface area contributed by atoms with E-state index in [4.69, 9.17) is 12.2 Å². The van der Waals surface area contributed by atoms with Gasteiger partial charge in [-0.1, -0.05) is 68.2 Å². The highest BCUT2D eigenvalue weighted by atomic mass is 32.2. The van der Waals surface area contributed by atoms with E-state index in [0.717, 1.165) is 5.56 Å². The molecule has 1 unspecified atom stereocenters. The monoisotopic (exact) mass is 432 g/mol. The summed E-state index contributed by atoms with van der Waals surface area (Å²) >= 11 is 6.67. The molecule has 2 aliphatic rings. The molecule has 8 heteroatoms. The van der Waals surface area contributed by atoms with Crippen molar-refractivity contribution in [3.63, 3.8) is 0 Å². The van der Waals surface area contributed by atoms with Gasteiger partial charge >= 0.3 is 5.97 Å². The number of thiocarbonyl (C=S) groups is 1. The molecule has 1 aromatic carbocycles. The fraction of sp³-hybridized carbons (Fsp3) is 0.429. The van der Waals surface area contributed by atoms with Gasteiger partial charge in [0.05, 0.1) is 10.8 Å². The Morgan fingerprint density at radius 2 is 1.83 bits per heavy atom. The van der Waals surface area contributed by atoms with E-state index in [1.807, 2.05) is 44.2 Å². The molecular formula is C21H24N2O4S2. The quantitative estimate of drug-likeness (QED) is 0.569. The molecule has 29 heavy (non-hydrogen) atoms. The molecule has 2 heterocycles. The molecule has 2 fully saturated rings. The molecule has 1 N–H and O–H groups in total. The van der Waals surface area contributed by atoms with Crippen LogP contribution in [-0.4, -0.2) is 56.1 Å². The first-order valence-electron chi connectivity index (χ1n) is 9.63. The van der Waals surface area contributed by atoms with Crippen LogP contribution in [0.1, 0.15) is 32.3 Å². The predicted molar refractivity (Wildman–Crippen MR) is 117 cm³/mol. The molecule has 0 bridgehead atoms. The average Bonchev–Trinajstić information content (AvgIpc) is 2.96. The second-order valence-electron chi connectivity index (χ2n) is 7.59. The number of carbonyl (C=O) groups is 3. The Labute approximate surface area is 179 Å². The summed E-state index contributed by atoms with van der Waals surface area (Å²) in [6.07, 6.45) is 2.65. The highest BCUT2D eigenvalue weighted by Crippen LogP contribution is 2.36. The Kier molecular flexibility index (Phi) is 6.74. The number of nitrogens with zero attached hydrogens (tertiary/aromatic N) is 2. The van der Waals surface area contributed by atoms with Crippen molar-refractivity contribution in [2.45, 2.75) is 32.7 Å². The average molecular weight is 433 g/mol. The van der Waals surface area contributed by atoms with Gasteiger partial charge in [0.1, 0.15) is 10.4 Å². The number of amides is 2. The second kappa shape index (κ2) is 9.09. The van der Waals surface area contributed by atoms with Crippen LogP contribution < -0.4 is 0 Å². The Morgan fingerprint density at radius 3 is 2.38 bits per heavy atom. The topological polar surface area (TPSA) is 77.9 Å². The lowest BCUT2D eigenvalue weighted by Crippen LogP contribution is -2.54. The summed E-state index contributed by atoms with van der Waals surface area (Å²) in [7, 11) is 0. The zero-order valence-corrected chi connectivity index (χ0v) is 18.0. The lowest BCUT2D eigenvalue weighted by Gasteiger charge is -2.37. The first-order valence-corrected chi connectivity index (χ1v) is 10.9. The van der Waals surface area contributed by atoms with E-state index in [1.165, 1.54) is 16.7 Å². The number of carbonyl (C=O) groups excluding carboxylic acids is 2. The van der Waals surface area contributed by atoms with Gasteiger partial charge in [-0.3, -0.25) is 19.3 Å². The third kappa shape index (κ3) is 4.70.